The molecule has 0 fully saturated rings. The van der Waals surface area contributed by atoms with Crippen molar-refractivity contribution in [3.63, 3.8) is 0 Å². The molecule has 0 aliphatic heterocycles. The fourth-order valence-electron chi connectivity index (χ4n) is 0.968. The van der Waals surface area contributed by atoms with E-state index in [0.29, 0.717) is 0 Å². The first-order valence-electron chi connectivity index (χ1n) is 4.29. The summed E-state index contributed by atoms with van der Waals surface area (Å²) in [5.74, 6) is 0. The molecule has 1 rings (SSSR count). The van der Waals surface area contributed by atoms with Crippen LogP contribution >= 0.6 is 11.3 Å². The minimum Gasteiger partial charge on any atom is -0.307 e. The summed E-state index contributed by atoms with van der Waals surface area (Å²) < 4.78 is 1.27. The summed E-state index contributed by atoms with van der Waals surface area (Å²) >= 11 is 1.79. The first kappa shape index (κ1) is 12.8. The van der Waals surface area contributed by atoms with Crippen molar-refractivity contribution < 1.29 is 4.79 Å². The zero-order chi connectivity index (χ0) is 11.1. The minimum absolute atomic E-state index is 1.13. The first-order chi connectivity index (χ1) is 6.59. The van der Waals surface area contributed by atoms with Gasteiger partial charge in [0, 0.05) is 9.41 Å². The van der Waals surface area contributed by atoms with Crippen LogP contribution in [0.15, 0.2) is 17.7 Å². The van der Waals surface area contributed by atoms with Gasteiger partial charge in [0.1, 0.15) is 6.79 Å². The molecular formula is C12H16OS. The van der Waals surface area contributed by atoms with Crippen LogP contribution in [0.4, 0.5) is 0 Å². The number of carbonyl (C=O) groups excluding carboxylic acids is 1. The van der Waals surface area contributed by atoms with Crippen molar-refractivity contribution in [1.82, 2.24) is 0 Å². The second-order valence-corrected chi connectivity index (χ2v) is 4.45. The Morgan fingerprint density at radius 3 is 2.36 bits per heavy atom. The Balaban J connectivity index is 0.000000791. The van der Waals surface area contributed by atoms with E-state index in [4.69, 9.17) is 4.79 Å². The smallest absolute Gasteiger partial charge is 0.106 e. The van der Waals surface area contributed by atoms with E-state index in [1.165, 1.54) is 15.0 Å². The molecule has 0 atom stereocenters. The Labute approximate surface area is 89.1 Å². The summed E-state index contributed by atoms with van der Waals surface area (Å²) in [5.41, 5.74) is 1.32. The Morgan fingerprint density at radius 2 is 2.00 bits per heavy atom. The van der Waals surface area contributed by atoms with E-state index >= 15 is 0 Å². The molecule has 14 heavy (non-hydrogen) atoms. The number of aryl methyl sites for hydroxylation is 1. The van der Waals surface area contributed by atoms with Crippen molar-refractivity contribution in [2.75, 3.05) is 0 Å². The number of carbonyl (C=O) groups is 1. The molecule has 0 saturated carbocycles. The predicted molar refractivity (Wildman–Crippen MR) is 64.8 cm³/mol. The van der Waals surface area contributed by atoms with Gasteiger partial charge < -0.3 is 4.79 Å². The maximum absolute atomic E-state index is 8.00. The van der Waals surface area contributed by atoms with Gasteiger partial charge in [-0.15, -0.1) is 11.3 Å². The van der Waals surface area contributed by atoms with Crippen molar-refractivity contribution >= 4 is 30.8 Å². The lowest BCUT2D eigenvalue weighted by atomic mass is 10.3. The fraction of sp³-hybridized carbons (Fsp3) is 0.250. The van der Waals surface area contributed by atoms with Gasteiger partial charge in [-0.05, 0) is 38.1 Å². The molecule has 76 valence electrons. The molecule has 0 spiro atoms. The fourth-order valence-corrected chi connectivity index (χ4v) is 1.84. The van der Waals surface area contributed by atoms with Gasteiger partial charge in [0.25, 0.3) is 0 Å². The minimum atomic E-state index is 1.13. The summed E-state index contributed by atoms with van der Waals surface area (Å²) in [6.45, 7) is 12.3. The highest BCUT2D eigenvalue weighted by Gasteiger charge is 1.87. The average Bonchev–Trinajstić information content (AvgIpc) is 2.45. The molecule has 1 aromatic heterocycles. The molecular weight excluding hydrogens is 192 g/mol. The van der Waals surface area contributed by atoms with Gasteiger partial charge in [-0.2, -0.15) is 0 Å². The van der Waals surface area contributed by atoms with Crippen molar-refractivity contribution in [3.8, 4) is 0 Å². The highest BCUT2D eigenvalue weighted by atomic mass is 32.1. The Kier molecular flexibility index (Phi) is 5.81. The lowest BCUT2D eigenvalue weighted by Gasteiger charge is -1.80. The van der Waals surface area contributed by atoms with Gasteiger partial charge in [0.05, 0.1) is 0 Å². The number of thiophene rings is 1. The third-order valence-corrected chi connectivity index (χ3v) is 2.59. The quantitative estimate of drug-likeness (QED) is 0.690. The Morgan fingerprint density at radius 1 is 1.43 bits per heavy atom. The van der Waals surface area contributed by atoms with Crippen molar-refractivity contribution in [2.24, 2.45) is 0 Å². The monoisotopic (exact) mass is 208 g/mol. The topological polar surface area (TPSA) is 17.1 Å². The van der Waals surface area contributed by atoms with E-state index in [9.17, 15) is 0 Å². The van der Waals surface area contributed by atoms with Crippen LogP contribution in [0.5, 0.6) is 0 Å². The van der Waals surface area contributed by atoms with Gasteiger partial charge in [0.15, 0.2) is 0 Å². The van der Waals surface area contributed by atoms with Crippen LogP contribution in [0, 0.1) is 6.92 Å². The predicted octanol–water partition coefficient (Wildman–Crippen LogP) is 2.03. The van der Waals surface area contributed by atoms with Crippen molar-refractivity contribution in [1.29, 1.82) is 0 Å². The molecule has 0 saturated heterocycles. The molecule has 1 nitrogen and oxygen atoms in total. The number of allylic oxidation sites excluding steroid dienone is 2. The van der Waals surface area contributed by atoms with Crippen LogP contribution in [-0.4, -0.2) is 6.79 Å². The van der Waals surface area contributed by atoms with Crippen LogP contribution in [-0.2, 0) is 4.79 Å². The summed E-state index contributed by atoms with van der Waals surface area (Å²) in [6, 6.07) is 2.12. The van der Waals surface area contributed by atoms with Gasteiger partial charge >= 0.3 is 0 Å². The van der Waals surface area contributed by atoms with E-state index in [1.54, 1.807) is 11.3 Å². The lowest BCUT2D eigenvalue weighted by Crippen LogP contribution is -2.14. The number of rotatable bonds is 1. The summed E-state index contributed by atoms with van der Waals surface area (Å²) in [5, 5.41) is 1.13. The summed E-state index contributed by atoms with van der Waals surface area (Å²) in [4.78, 5) is 9.33. The first-order valence-corrected chi connectivity index (χ1v) is 5.11. The second kappa shape index (κ2) is 6.33. The van der Waals surface area contributed by atoms with Crippen molar-refractivity contribution in [2.45, 2.75) is 20.8 Å². The van der Waals surface area contributed by atoms with Crippen LogP contribution in [0.2, 0.25) is 0 Å². The molecule has 0 amide bonds. The van der Waals surface area contributed by atoms with Gasteiger partial charge in [-0.25, -0.2) is 0 Å². The lowest BCUT2D eigenvalue weighted by molar-refractivity contribution is -0.0979. The highest BCUT2D eigenvalue weighted by Crippen LogP contribution is 1.95. The van der Waals surface area contributed by atoms with E-state index in [0.717, 1.165) is 5.22 Å². The van der Waals surface area contributed by atoms with E-state index in [2.05, 4.69) is 45.6 Å². The molecule has 0 N–H and O–H groups in total. The van der Waals surface area contributed by atoms with E-state index in [1.807, 2.05) is 6.79 Å². The van der Waals surface area contributed by atoms with Crippen LogP contribution in [0.25, 0.3) is 12.7 Å². The molecule has 0 unspecified atom stereocenters. The van der Waals surface area contributed by atoms with E-state index in [-0.39, 0.29) is 0 Å². The van der Waals surface area contributed by atoms with Crippen LogP contribution < -0.4 is 9.75 Å². The molecule has 0 aliphatic rings. The third-order valence-electron chi connectivity index (χ3n) is 1.53. The normalized spacial score (nSPS) is 10.4. The van der Waals surface area contributed by atoms with Gasteiger partial charge in [-0.3, -0.25) is 0 Å². The Hall–Kier alpha value is -1.15. The van der Waals surface area contributed by atoms with Gasteiger partial charge in [-0.1, -0.05) is 18.2 Å². The largest absolute Gasteiger partial charge is 0.307 e. The molecule has 1 heterocycles. The summed E-state index contributed by atoms with van der Waals surface area (Å²) in [6.07, 6.45) is 4.26. The molecule has 0 radical (unpaired) electrons. The zero-order valence-corrected chi connectivity index (χ0v) is 9.78. The molecule has 0 aliphatic carbocycles. The van der Waals surface area contributed by atoms with Crippen molar-refractivity contribution in [3.05, 3.63) is 32.3 Å². The van der Waals surface area contributed by atoms with Gasteiger partial charge in [0.2, 0.25) is 0 Å². The van der Waals surface area contributed by atoms with Crippen LogP contribution in [0.1, 0.15) is 18.7 Å². The van der Waals surface area contributed by atoms with Crippen LogP contribution in [0.3, 0.4) is 0 Å². The van der Waals surface area contributed by atoms with E-state index < -0.39 is 0 Å². The number of hydrogen-bond donors (Lipinski definition) is 0. The molecule has 1 aromatic rings. The molecule has 0 bridgehead atoms. The maximum atomic E-state index is 8.00. The molecule has 2 heteroatoms. The third kappa shape index (κ3) is 4.19. The Bertz CT molecular complexity index is 408. The zero-order valence-electron chi connectivity index (χ0n) is 8.96. The SMILES string of the molecule is C=O.C=c1cc(C)s/c1=C/C=C(C)C. The number of hydrogen-bond acceptors (Lipinski definition) is 2. The summed E-state index contributed by atoms with van der Waals surface area (Å²) in [7, 11) is 0. The molecule has 0 aromatic carbocycles. The highest BCUT2D eigenvalue weighted by molar-refractivity contribution is 7.09. The average molecular weight is 208 g/mol. The second-order valence-electron chi connectivity index (χ2n) is 3.16. The standard InChI is InChI=1S/C11H14S.CH2O/c1-8(2)5-6-11-9(3)7-10(4)12-11;1-2/h5-7H,3H2,1-2,4H3;1H2/b11-6+;. The maximum Gasteiger partial charge on any atom is 0.106 e.